The lowest BCUT2D eigenvalue weighted by Crippen LogP contribution is -2.32. The second-order valence-corrected chi connectivity index (χ2v) is 5.33. The smallest absolute Gasteiger partial charge is 0.0355 e. The predicted octanol–water partition coefficient (Wildman–Crippen LogP) is 2.35. The summed E-state index contributed by atoms with van der Waals surface area (Å²) in [5.74, 6) is 0.681. The monoisotopic (exact) mass is 218 g/mol. The Morgan fingerprint density at radius 1 is 1.19 bits per heavy atom. The molecular formula is C14H22N2. The molecule has 1 saturated heterocycles. The maximum absolute atomic E-state index is 6.25. The van der Waals surface area contributed by atoms with E-state index in [1.54, 1.807) is 0 Å². The molecule has 0 spiro atoms. The largest absolute Gasteiger partial charge is 0.322 e. The highest BCUT2D eigenvalue weighted by Gasteiger charge is 2.23. The number of benzene rings is 1. The summed E-state index contributed by atoms with van der Waals surface area (Å²) in [5, 5.41) is 3.41. The molecule has 2 rings (SSSR count). The third-order valence-electron chi connectivity index (χ3n) is 3.43. The summed E-state index contributed by atoms with van der Waals surface area (Å²) in [5.41, 5.74) is 8.78. The van der Waals surface area contributed by atoms with Gasteiger partial charge >= 0.3 is 0 Å². The minimum absolute atomic E-state index is 0.235. The van der Waals surface area contributed by atoms with E-state index in [4.69, 9.17) is 5.73 Å². The average Bonchev–Trinajstić information content (AvgIpc) is 2.29. The fraction of sp³-hybridized carbons (Fsp3) is 0.571. The normalized spacial score (nSPS) is 18.7. The molecule has 2 nitrogen and oxygen atoms in total. The third kappa shape index (κ3) is 2.45. The lowest BCUT2D eigenvalue weighted by atomic mass is 9.81. The van der Waals surface area contributed by atoms with Crippen molar-refractivity contribution in [1.29, 1.82) is 0 Å². The number of nitrogens with one attached hydrogen (secondary N) is 1. The SMILES string of the molecule is CC(C)(N)c1ccccc1C1CCNCC1. The second kappa shape index (κ2) is 4.56. The Kier molecular flexibility index (Phi) is 3.31. The van der Waals surface area contributed by atoms with Gasteiger partial charge in [-0.05, 0) is 56.8 Å². The number of hydrogen-bond acceptors (Lipinski definition) is 2. The fourth-order valence-corrected chi connectivity index (χ4v) is 2.57. The molecule has 1 aromatic carbocycles. The van der Waals surface area contributed by atoms with Crippen molar-refractivity contribution < 1.29 is 0 Å². The van der Waals surface area contributed by atoms with E-state index in [2.05, 4.69) is 43.4 Å². The Hall–Kier alpha value is -0.860. The molecule has 0 atom stereocenters. The van der Waals surface area contributed by atoms with E-state index in [1.807, 2.05) is 0 Å². The van der Waals surface area contributed by atoms with Crippen molar-refractivity contribution in [3.63, 3.8) is 0 Å². The molecule has 3 N–H and O–H groups in total. The zero-order valence-electron chi connectivity index (χ0n) is 10.3. The van der Waals surface area contributed by atoms with Crippen LogP contribution in [0.4, 0.5) is 0 Å². The molecular weight excluding hydrogens is 196 g/mol. The van der Waals surface area contributed by atoms with Crippen LogP contribution in [0.25, 0.3) is 0 Å². The quantitative estimate of drug-likeness (QED) is 0.799. The lowest BCUT2D eigenvalue weighted by Gasteiger charge is -2.29. The van der Waals surface area contributed by atoms with Crippen LogP contribution in [0.1, 0.15) is 43.7 Å². The van der Waals surface area contributed by atoms with Crippen LogP contribution in [0.2, 0.25) is 0 Å². The second-order valence-electron chi connectivity index (χ2n) is 5.33. The number of nitrogens with two attached hydrogens (primary N) is 1. The van der Waals surface area contributed by atoms with E-state index in [-0.39, 0.29) is 5.54 Å². The predicted molar refractivity (Wildman–Crippen MR) is 68.5 cm³/mol. The number of rotatable bonds is 2. The molecule has 1 aliphatic rings. The number of piperidine rings is 1. The van der Waals surface area contributed by atoms with Crippen molar-refractivity contribution in [1.82, 2.24) is 5.32 Å². The molecule has 0 bridgehead atoms. The lowest BCUT2D eigenvalue weighted by molar-refractivity contribution is 0.448. The van der Waals surface area contributed by atoms with Gasteiger partial charge in [-0.25, -0.2) is 0 Å². The Bertz CT molecular complexity index is 346. The zero-order valence-corrected chi connectivity index (χ0v) is 10.3. The van der Waals surface area contributed by atoms with E-state index in [9.17, 15) is 0 Å². The first kappa shape index (κ1) is 11.6. The van der Waals surface area contributed by atoms with Crippen molar-refractivity contribution in [2.45, 2.75) is 38.1 Å². The maximum Gasteiger partial charge on any atom is 0.0355 e. The highest BCUT2D eigenvalue weighted by Crippen LogP contribution is 2.32. The van der Waals surface area contributed by atoms with Gasteiger partial charge in [0.05, 0.1) is 0 Å². The minimum atomic E-state index is -0.235. The van der Waals surface area contributed by atoms with Crippen LogP contribution in [0.5, 0.6) is 0 Å². The highest BCUT2D eigenvalue weighted by molar-refractivity contribution is 5.35. The summed E-state index contributed by atoms with van der Waals surface area (Å²) >= 11 is 0. The molecule has 1 aromatic rings. The first-order chi connectivity index (χ1) is 7.59. The summed E-state index contributed by atoms with van der Waals surface area (Å²) in [7, 11) is 0. The molecule has 0 unspecified atom stereocenters. The van der Waals surface area contributed by atoms with Gasteiger partial charge in [0.25, 0.3) is 0 Å². The van der Waals surface area contributed by atoms with E-state index >= 15 is 0 Å². The topological polar surface area (TPSA) is 38.0 Å². The van der Waals surface area contributed by atoms with Crippen LogP contribution in [-0.2, 0) is 5.54 Å². The molecule has 0 aromatic heterocycles. The average molecular weight is 218 g/mol. The van der Waals surface area contributed by atoms with Crippen LogP contribution >= 0.6 is 0 Å². The molecule has 16 heavy (non-hydrogen) atoms. The zero-order chi connectivity index (χ0) is 11.6. The highest BCUT2D eigenvalue weighted by atomic mass is 14.9. The van der Waals surface area contributed by atoms with Crippen LogP contribution < -0.4 is 11.1 Å². The van der Waals surface area contributed by atoms with Gasteiger partial charge in [0, 0.05) is 5.54 Å². The van der Waals surface area contributed by atoms with Gasteiger partial charge in [-0.2, -0.15) is 0 Å². The summed E-state index contributed by atoms with van der Waals surface area (Å²) in [6.45, 7) is 6.44. The Labute approximate surface area is 98.2 Å². The molecule has 0 saturated carbocycles. The van der Waals surface area contributed by atoms with Crippen molar-refractivity contribution >= 4 is 0 Å². The van der Waals surface area contributed by atoms with E-state index in [0.29, 0.717) is 5.92 Å². The molecule has 88 valence electrons. The van der Waals surface area contributed by atoms with Crippen LogP contribution in [-0.4, -0.2) is 13.1 Å². The van der Waals surface area contributed by atoms with Crippen molar-refractivity contribution in [2.24, 2.45) is 5.73 Å². The molecule has 1 fully saturated rings. The van der Waals surface area contributed by atoms with Gasteiger partial charge in [-0.15, -0.1) is 0 Å². The first-order valence-electron chi connectivity index (χ1n) is 6.18. The van der Waals surface area contributed by atoms with E-state index in [0.717, 1.165) is 13.1 Å². The minimum Gasteiger partial charge on any atom is -0.322 e. The summed E-state index contributed by atoms with van der Waals surface area (Å²) < 4.78 is 0. The van der Waals surface area contributed by atoms with Crippen molar-refractivity contribution in [3.8, 4) is 0 Å². The summed E-state index contributed by atoms with van der Waals surface area (Å²) in [6.07, 6.45) is 2.46. The van der Waals surface area contributed by atoms with Gasteiger partial charge < -0.3 is 11.1 Å². The molecule has 1 heterocycles. The van der Waals surface area contributed by atoms with Gasteiger partial charge in [-0.3, -0.25) is 0 Å². The third-order valence-corrected chi connectivity index (χ3v) is 3.43. The molecule has 0 radical (unpaired) electrons. The first-order valence-corrected chi connectivity index (χ1v) is 6.18. The fourth-order valence-electron chi connectivity index (χ4n) is 2.57. The number of hydrogen-bond donors (Lipinski definition) is 2. The molecule has 1 aliphatic heterocycles. The molecule has 2 heteroatoms. The van der Waals surface area contributed by atoms with Crippen LogP contribution in [0.15, 0.2) is 24.3 Å². The van der Waals surface area contributed by atoms with E-state index in [1.165, 1.54) is 24.0 Å². The van der Waals surface area contributed by atoms with Gasteiger partial charge in [0.15, 0.2) is 0 Å². The summed E-state index contributed by atoms with van der Waals surface area (Å²) in [4.78, 5) is 0. The van der Waals surface area contributed by atoms with Crippen molar-refractivity contribution in [3.05, 3.63) is 35.4 Å². The molecule has 0 aliphatic carbocycles. The standard InChI is InChI=1S/C14H22N2/c1-14(2,15)13-6-4-3-5-12(13)11-7-9-16-10-8-11/h3-6,11,16H,7-10,15H2,1-2H3. The maximum atomic E-state index is 6.25. The van der Waals surface area contributed by atoms with Crippen LogP contribution in [0, 0.1) is 0 Å². The van der Waals surface area contributed by atoms with Gasteiger partial charge in [0.2, 0.25) is 0 Å². The van der Waals surface area contributed by atoms with Crippen molar-refractivity contribution in [2.75, 3.05) is 13.1 Å². The summed E-state index contributed by atoms with van der Waals surface area (Å²) in [6, 6.07) is 8.65. The van der Waals surface area contributed by atoms with Gasteiger partial charge in [-0.1, -0.05) is 24.3 Å². The van der Waals surface area contributed by atoms with Gasteiger partial charge in [0.1, 0.15) is 0 Å². The van der Waals surface area contributed by atoms with Crippen LogP contribution in [0.3, 0.4) is 0 Å². The molecule has 0 amide bonds. The van der Waals surface area contributed by atoms with E-state index < -0.39 is 0 Å². The Morgan fingerprint density at radius 2 is 1.81 bits per heavy atom. The Morgan fingerprint density at radius 3 is 2.44 bits per heavy atom. The Balaban J connectivity index is 2.32.